The Morgan fingerprint density at radius 3 is 2.86 bits per heavy atom. The first-order valence-electron chi connectivity index (χ1n) is 6.31. The number of halogens is 1. The van der Waals surface area contributed by atoms with Crippen LogP contribution in [0, 0.1) is 11.3 Å². The molecule has 0 radical (unpaired) electrons. The molecule has 0 aliphatic heterocycles. The van der Waals surface area contributed by atoms with Crippen molar-refractivity contribution < 1.29 is 9.53 Å². The fourth-order valence-corrected chi connectivity index (χ4v) is 2.56. The number of amides is 1. The van der Waals surface area contributed by atoms with Gasteiger partial charge in [0, 0.05) is 0 Å². The predicted molar refractivity (Wildman–Crippen MR) is 86.3 cm³/mol. The number of nitrogens with one attached hydrogen (secondary N) is 1. The van der Waals surface area contributed by atoms with Crippen molar-refractivity contribution in [2.24, 2.45) is 5.10 Å². The van der Waals surface area contributed by atoms with E-state index < -0.39 is 5.91 Å². The lowest BCUT2D eigenvalue weighted by molar-refractivity contribution is -0.123. The van der Waals surface area contributed by atoms with E-state index >= 15 is 0 Å². The van der Waals surface area contributed by atoms with E-state index in [0.29, 0.717) is 21.4 Å². The van der Waals surface area contributed by atoms with Crippen molar-refractivity contribution in [2.75, 3.05) is 6.61 Å². The Hall–Kier alpha value is -2.36. The highest BCUT2D eigenvalue weighted by Crippen LogP contribution is 2.21. The summed E-state index contributed by atoms with van der Waals surface area (Å²) in [6.07, 6.45) is 0. The summed E-state index contributed by atoms with van der Waals surface area (Å²) in [5.74, 6) is -0.0411. The summed E-state index contributed by atoms with van der Waals surface area (Å²) in [6, 6.07) is 12.3. The standard InChI is InChI=1S/C15H12ClN3O2S/c1-10(13-6-7-14(16)22-13)18-19-15(20)9-21-12-5-3-2-4-11(12)8-17/h2-7H,9H2,1H3,(H,19,20)/b18-10+. The summed E-state index contributed by atoms with van der Waals surface area (Å²) < 4.78 is 5.97. The molecule has 0 atom stereocenters. The van der Waals surface area contributed by atoms with Crippen molar-refractivity contribution in [3.8, 4) is 11.8 Å². The van der Waals surface area contributed by atoms with Gasteiger partial charge in [0.1, 0.15) is 11.8 Å². The number of hydrogen-bond acceptors (Lipinski definition) is 5. The van der Waals surface area contributed by atoms with Crippen LogP contribution in [0.2, 0.25) is 4.34 Å². The Bertz CT molecular complexity index is 749. The zero-order chi connectivity index (χ0) is 15.9. The quantitative estimate of drug-likeness (QED) is 0.674. The summed E-state index contributed by atoms with van der Waals surface area (Å²) >= 11 is 7.22. The molecule has 1 N–H and O–H groups in total. The van der Waals surface area contributed by atoms with Crippen molar-refractivity contribution in [2.45, 2.75) is 6.92 Å². The van der Waals surface area contributed by atoms with Crippen LogP contribution in [-0.4, -0.2) is 18.2 Å². The lowest BCUT2D eigenvalue weighted by Crippen LogP contribution is -2.25. The first-order valence-corrected chi connectivity index (χ1v) is 7.50. The maximum Gasteiger partial charge on any atom is 0.277 e. The molecule has 1 heterocycles. The molecule has 0 saturated carbocycles. The molecule has 1 aromatic heterocycles. The van der Waals surface area contributed by atoms with Crippen LogP contribution in [0.5, 0.6) is 5.75 Å². The molecule has 0 fully saturated rings. The molecule has 7 heteroatoms. The highest BCUT2D eigenvalue weighted by atomic mass is 35.5. The maximum atomic E-state index is 11.7. The van der Waals surface area contributed by atoms with Gasteiger partial charge < -0.3 is 4.74 Å². The van der Waals surface area contributed by atoms with Gasteiger partial charge in [-0.1, -0.05) is 23.7 Å². The van der Waals surface area contributed by atoms with Crippen LogP contribution >= 0.6 is 22.9 Å². The molecule has 2 rings (SSSR count). The molecule has 1 amide bonds. The number of rotatable bonds is 5. The first kappa shape index (κ1) is 16.0. The third kappa shape index (κ3) is 4.32. The summed E-state index contributed by atoms with van der Waals surface area (Å²) in [6.45, 7) is 1.55. The van der Waals surface area contributed by atoms with Crippen LogP contribution in [0.3, 0.4) is 0 Å². The molecule has 5 nitrogen and oxygen atoms in total. The number of nitrogens with zero attached hydrogens (tertiary/aromatic N) is 2. The molecule has 0 saturated heterocycles. The minimum atomic E-state index is -0.408. The fourth-order valence-electron chi connectivity index (χ4n) is 1.57. The van der Waals surface area contributed by atoms with Crippen molar-refractivity contribution in [1.29, 1.82) is 5.26 Å². The number of nitriles is 1. The number of ether oxygens (including phenoxy) is 1. The summed E-state index contributed by atoms with van der Waals surface area (Å²) in [5.41, 5.74) is 3.44. The van der Waals surface area contributed by atoms with E-state index in [-0.39, 0.29) is 6.61 Å². The van der Waals surface area contributed by atoms with Crippen LogP contribution in [0.15, 0.2) is 41.5 Å². The van der Waals surface area contributed by atoms with Crippen LogP contribution < -0.4 is 10.2 Å². The molecular formula is C15H12ClN3O2S. The van der Waals surface area contributed by atoms with E-state index in [4.69, 9.17) is 21.6 Å². The number of hydrogen-bond donors (Lipinski definition) is 1. The Balaban J connectivity index is 1.90. The second-order valence-electron chi connectivity index (χ2n) is 4.23. The van der Waals surface area contributed by atoms with Gasteiger partial charge in [-0.3, -0.25) is 4.79 Å². The van der Waals surface area contributed by atoms with Gasteiger partial charge in [0.05, 0.1) is 20.5 Å². The Kier molecular flexibility index (Phi) is 5.53. The van der Waals surface area contributed by atoms with E-state index in [1.807, 2.05) is 12.1 Å². The Morgan fingerprint density at radius 2 is 2.18 bits per heavy atom. The molecule has 0 unspecified atom stereocenters. The van der Waals surface area contributed by atoms with Crippen molar-refractivity contribution in [3.63, 3.8) is 0 Å². The minimum Gasteiger partial charge on any atom is -0.482 e. The lowest BCUT2D eigenvalue weighted by atomic mass is 10.2. The number of thiophene rings is 1. The molecule has 0 aliphatic carbocycles. The second kappa shape index (κ2) is 7.59. The van der Waals surface area contributed by atoms with E-state index in [1.54, 1.807) is 37.3 Å². The highest BCUT2D eigenvalue weighted by Gasteiger charge is 2.06. The fraction of sp³-hybridized carbons (Fsp3) is 0.133. The number of para-hydroxylation sites is 1. The second-order valence-corrected chi connectivity index (χ2v) is 5.95. The van der Waals surface area contributed by atoms with Gasteiger partial charge in [-0.2, -0.15) is 10.4 Å². The smallest absolute Gasteiger partial charge is 0.277 e. The Labute approximate surface area is 136 Å². The average Bonchev–Trinajstić information content (AvgIpc) is 2.97. The third-order valence-electron chi connectivity index (χ3n) is 2.64. The van der Waals surface area contributed by atoms with Crippen LogP contribution in [-0.2, 0) is 4.79 Å². The molecule has 0 spiro atoms. The molecule has 1 aromatic carbocycles. The zero-order valence-electron chi connectivity index (χ0n) is 11.7. The molecule has 112 valence electrons. The number of hydrazone groups is 1. The van der Waals surface area contributed by atoms with Crippen molar-refractivity contribution in [1.82, 2.24) is 5.43 Å². The van der Waals surface area contributed by atoms with Crippen molar-refractivity contribution in [3.05, 3.63) is 51.2 Å². The topological polar surface area (TPSA) is 74.5 Å². The van der Waals surface area contributed by atoms with Gasteiger partial charge in [-0.05, 0) is 31.2 Å². The average molecular weight is 334 g/mol. The molecule has 2 aromatic rings. The van der Waals surface area contributed by atoms with Gasteiger partial charge in [0.25, 0.3) is 5.91 Å². The van der Waals surface area contributed by atoms with Crippen LogP contribution in [0.1, 0.15) is 17.4 Å². The Morgan fingerprint density at radius 1 is 1.41 bits per heavy atom. The van der Waals surface area contributed by atoms with Crippen LogP contribution in [0.25, 0.3) is 0 Å². The third-order valence-corrected chi connectivity index (χ3v) is 3.98. The SMILES string of the molecule is C/C(=N\NC(=O)COc1ccccc1C#N)c1ccc(Cl)s1. The zero-order valence-corrected chi connectivity index (χ0v) is 13.2. The van der Waals surface area contributed by atoms with Crippen LogP contribution in [0.4, 0.5) is 0 Å². The number of benzene rings is 1. The molecule has 0 aliphatic rings. The predicted octanol–water partition coefficient (Wildman–Crippen LogP) is 3.19. The highest BCUT2D eigenvalue weighted by molar-refractivity contribution is 7.18. The number of carbonyl (C=O) groups excluding carboxylic acids is 1. The monoisotopic (exact) mass is 333 g/mol. The van der Waals surface area contributed by atoms with E-state index in [9.17, 15) is 4.79 Å². The van der Waals surface area contributed by atoms with Gasteiger partial charge in [0.2, 0.25) is 0 Å². The molecular weight excluding hydrogens is 322 g/mol. The van der Waals surface area contributed by atoms with Gasteiger partial charge in [-0.25, -0.2) is 5.43 Å². The van der Waals surface area contributed by atoms with Crippen molar-refractivity contribution >= 4 is 34.6 Å². The van der Waals surface area contributed by atoms with E-state index in [2.05, 4.69) is 10.5 Å². The minimum absolute atomic E-state index is 0.222. The normalized spacial score (nSPS) is 10.9. The van der Waals surface area contributed by atoms with Gasteiger partial charge in [-0.15, -0.1) is 11.3 Å². The summed E-state index contributed by atoms with van der Waals surface area (Å²) in [7, 11) is 0. The summed E-state index contributed by atoms with van der Waals surface area (Å²) in [5, 5.41) is 12.9. The van der Waals surface area contributed by atoms with Gasteiger partial charge >= 0.3 is 0 Å². The lowest BCUT2D eigenvalue weighted by Gasteiger charge is -2.06. The molecule has 22 heavy (non-hydrogen) atoms. The first-order chi connectivity index (χ1) is 10.6. The van der Waals surface area contributed by atoms with Gasteiger partial charge in [0.15, 0.2) is 6.61 Å². The summed E-state index contributed by atoms with van der Waals surface area (Å²) in [4.78, 5) is 12.6. The van der Waals surface area contributed by atoms with E-state index in [0.717, 1.165) is 4.88 Å². The maximum absolute atomic E-state index is 11.7. The molecule has 0 bridgehead atoms. The largest absolute Gasteiger partial charge is 0.482 e. The number of carbonyl (C=O) groups is 1. The van der Waals surface area contributed by atoms with E-state index in [1.165, 1.54) is 11.3 Å².